The summed E-state index contributed by atoms with van der Waals surface area (Å²) in [6.07, 6.45) is 0. The van der Waals surface area contributed by atoms with Crippen molar-refractivity contribution in [2.45, 2.75) is 12.8 Å². The third kappa shape index (κ3) is 11.3. The molecule has 0 amide bonds. The zero-order chi connectivity index (χ0) is 94.2. The molecule has 142 heavy (non-hydrogen) atoms. The van der Waals surface area contributed by atoms with E-state index in [2.05, 4.69) is 520 Å². The summed E-state index contributed by atoms with van der Waals surface area (Å²) in [6.45, 7) is 2.37. The predicted molar refractivity (Wildman–Crippen MR) is 608 cm³/mol. The average molecular weight is 1830 g/mol. The normalized spacial score (nSPS) is 13.0. The minimum Gasteiger partial charge on any atom is -0.344 e. The first kappa shape index (κ1) is 80.1. The second-order valence-electron chi connectivity index (χ2n) is 39.5. The number of rotatable bonds is 12. The summed E-state index contributed by atoms with van der Waals surface area (Å²) in [6, 6.07) is 158. The number of aryl methyl sites for hydroxylation is 7. The molecule has 1 atom stereocenters. The Balaban J connectivity index is 0.00000504. The van der Waals surface area contributed by atoms with Gasteiger partial charge in [0.05, 0.1) is 0 Å². The zero-order valence-electron chi connectivity index (χ0n) is 79.8. The van der Waals surface area contributed by atoms with Crippen LogP contribution in [0.1, 0.15) is 26.8 Å². The Hall–Kier alpha value is -18.1. The summed E-state index contributed by atoms with van der Waals surface area (Å²) in [5, 5.41) is 28.1. The van der Waals surface area contributed by atoms with Crippen LogP contribution >= 0.6 is 0 Å². The molecule has 22 aromatic carbocycles. The number of hydrogen-bond acceptors (Lipinski definition) is 4. The SMILES string of the molecule is CC1c2ccccc2-c2cc(N(c3ccc4c5ccc(N(c6ccc7c(c6)c6ccccc6n7C)c6ccc7c(c6)c6ccccc6n7C)cc5c5c6cc(N(c7ccc8c(c7)c7ccccc7n8C)c7ccc8c(c7)c7ccccc7n8C)ccc6c6ccc(N(c7ccc8c(c7)c7ccccc7n8C)c7ccc8c(c7)c7ccccc7n8C)cc6c5c4c3)c3ccc4c(c3)c3ccccc3n4C)ccc21.[HH].[HH]. The second-order valence-corrected chi connectivity index (χ2v) is 39.5. The van der Waals surface area contributed by atoms with Crippen LogP contribution in [0.4, 0.5) is 68.2 Å². The highest BCUT2D eigenvalue weighted by Crippen LogP contribution is 2.56. The van der Waals surface area contributed by atoms with E-state index in [-0.39, 0.29) is 8.77 Å². The fraction of sp³-hybridized carbons (Fsp3) is 0.0687. The molecule has 11 heteroatoms. The minimum atomic E-state index is 0. The molecule has 1 aliphatic rings. The number of hydrogen-bond donors (Lipinski definition) is 0. The molecule has 676 valence electrons. The Morgan fingerprint density at radius 2 is 0.317 bits per heavy atom. The van der Waals surface area contributed by atoms with Gasteiger partial charge in [0.1, 0.15) is 0 Å². The van der Waals surface area contributed by atoms with Crippen molar-refractivity contribution in [2.24, 2.45) is 49.3 Å². The summed E-state index contributed by atoms with van der Waals surface area (Å²) < 4.78 is 16.4. The number of anilines is 12. The molecule has 29 aromatic rings. The van der Waals surface area contributed by atoms with Gasteiger partial charge in [0.15, 0.2) is 0 Å². The molecule has 0 spiro atoms. The van der Waals surface area contributed by atoms with Gasteiger partial charge in [0.25, 0.3) is 0 Å². The first-order valence-electron chi connectivity index (χ1n) is 49.3. The van der Waals surface area contributed by atoms with Gasteiger partial charge in [0, 0.05) is 279 Å². The van der Waals surface area contributed by atoms with E-state index < -0.39 is 0 Å². The monoisotopic (exact) mass is 1820 g/mol. The standard InChI is InChI=1S/C131H93N11.2H2/c1-77-90-25-9-10-26-92(90)104-65-78(41-53-91(77)104)139(83-46-58-123-105(66-83)97-27-11-18-34-116(97)132(123)2)79-42-54-93-94-55-43-81(141(86-49-61-126-108(69-86)100-30-14-21-37-119(100)135(126)5)87-50-62-127-109(70-87)101-31-15-22-38-120(101)136(127)6)75-114(94)131-115-76-82(142(88-51-63-128-110(71-88)102-32-16-23-39-121(102)137(128)7)89-52-64-129-111(72-89)103-33-17-24-40-122(103)138(129)8)45-57-96(115)95-56-44-80(74-113(95)130(131)112(93)73-79)140(84-47-59-124-106(67-84)98-28-12-19-35-117(98)133(124)3)85-48-60-125-107(68-85)99-29-13-20-36-118(99)134(125)4;;/h9-77H,1-8H3;2*1H. The molecule has 0 radical (unpaired) electrons. The number of aromatic nitrogens is 7. The molecular weight excluding hydrogens is 1730 g/mol. The average Bonchev–Trinajstić information content (AvgIpc) is 0.907. The van der Waals surface area contributed by atoms with Gasteiger partial charge >= 0.3 is 0 Å². The van der Waals surface area contributed by atoms with Gasteiger partial charge in [-0.25, -0.2) is 0 Å². The summed E-state index contributed by atoms with van der Waals surface area (Å²) in [7, 11) is 15.4. The van der Waals surface area contributed by atoms with E-state index in [1.54, 1.807) is 0 Å². The molecule has 11 nitrogen and oxygen atoms in total. The third-order valence-corrected chi connectivity index (χ3v) is 32.5. The number of para-hydroxylation sites is 7. The molecule has 1 aliphatic carbocycles. The first-order chi connectivity index (χ1) is 69.7. The molecule has 0 fully saturated rings. The van der Waals surface area contributed by atoms with Crippen LogP contribution in [0.2, 0.25) is 0 Å². The van der Waals surface area contributed by atoms with Crippen LogP contribution in [-0.2, 0) is 49.3 Å². The Bertz CT molecular complexity index is 10000. The quantitative estimate of drug-likeness (QED) is 0.114. The zero-order valence-corrected chi connectivity index (χ0v) is 79.8. The van der Waals surface area contributed by atoms with E-state index in [4.69, 9.17) is 0 Å². The summed E-state index contributed by atoms with van der Waals surface area (Å²) in [4.78, 5) is 10.2. The van der Waals surface area contributed by atoms with E-state index in [1.165, 1.54) is 175 Å². The van der Waals surface area contributed by atoms with Crippen LogP contribution < -0.4 is 19.6 Å². The van der Waals surface area contributed by atoms with Crippen LogP contribution in [0.25, 0.3) is 218 Å². The molecule has 0 saturated carbocycles. The Morgan fingerprint density at radius 3 is 0.549 bits per heavy atom. The van der Waals surface area contributed by atoms with Gasteiger partial charge in [0.2, 0.25) is 0 Å². The lowest BCUT2D eigenvalue weighted by molar-refractivity contribution is 0.956. The molecule has 7 heterocycles. The third-order valence-electron chi connectivity index (χ3n) is 32.5. The molecule has 7 aromatic heterocycles. The second kappa shape index (κ2) is 29.7. The lowest BCUT2D eigenvalue weighted by Crippen LogP contribution is -2.11. The highest BCUT2D eigenvalue weighted by molar-refractivity contribution is 6.41. The van der Waals surface area contributed by atoms with Gasteiger partial charge in [-0.3, -0.25) is 0 Å². The molecule has 1 unspecified atom stereocenters. The van der Waals surface area contributed by atoms with Crippen molar-refractivity contribution in [3.63, 3.8) is 0 Å². The predicted octanol–water partition coefficient (Wildman–Crippen LogP) is 35.5. The van der Waals surface area contributed by atoms with Gasteiger partial charge < -0.3 is 51.6 Å². The van der Waals surface area contributed by atoms with Crippen molar-refractivity contribution in [1.29, 1.82) is 0 Å². The van der Waals surface area contributed by atoms with Crippen molar-refractivity contribution >= 4 is 275 Å². The van der Waals surface area contributed by atoms with Gasteiger partial charge in [-0.2, -0.15) is 0 Å². The highest BCUT2D eigenvalue weighted by Gasteiger charge is 2.32. The van der Waals surface area contributed by atoms with Crippen LogP contribution in [0.3, 0.4) is 0 Å². The van der Waals surface area contributed by atoms with Crippen molar-refractivity contribution < 1.29 is 2.85 Å². The summed E-state index contributed by atoms with van der Waals surface area (Å²) >= 11 is 0. The van der Waals surface area contributed by atoms with Crippen molar-refractivity contribution in [3.05, 3.63) is 424 Å². The number of nitrogens with zero attached hydrogens (tertiary/aromatic N) is 11. The van der Waals surface area contributed by atoms with Gasteiger partial charge in [-0.05, 0) is 307 Å². The molecule has 0 saturated heterocycles. The van der Waals surface area contributed by atoms with Gasteiger partial charge in [-0.15, -0.1) is 0 Å². The summed E-state index contributed by atoms with van der Waals surface area (Å²) in [5.74, 6) is 0.231. The molecule has 30 rings (SSSR count). The van der Waals surface area contributed by atoms with E-state index in [9.17, 15) is 0 Å². The maximum absolute atomic E-state index is 2.57. The van der Waals surface area contributed by atoms with E-state index >= 15 is 0 Å². The number of benzene rings is 22. The summed E-state index contributed by atoms with van der Waals surface area (Å²) in [5.41, 5.74) is 34.4. The minimum absolute atomic E-state index is 0. The van der Waals surface area contributed by atoms with Crippen molar-refractivity contribution in [1.82, 2.24) is 32.0 Å². The number of fused-ring (bicyclic) bond motifs is 35. The maximum Gasteiger partial charge on any atom is 0.0490 e. The molecule has 0 N–H and O–H groups in total. The van der Waals surface area contributed by atoms with Crippen LogP contribution in [0.5, 0.6) is 0 Å². The Kier molecular flexibility index (Phi) is 16.8. The molecule has 0 aliphatic heterocycles. The van der Waals surface area contributed by atoms with E-state index in [1.807, 2.05) is 0 Å². The maximum atomic E-state index is 2.57. The van der Waals surface area contributed by atoms with Crippen molar-refractivity contribution in [3.8, 4) is 11.1 Å². The Morgan fingerprint density at radius 1 is 0.148 bits per heavy atom. The van der Waals surface area contributed by atoms with E-state index in [0.717, 1.165) is 122 Å². The lowest BCUT2D eigenvalue weighted by Gasteiger charge is -2.29. The molecule has 0 bridgehead atoms. The fourth-order valence-electron chi connectivity index (χ4n) is 25.7. The molecular formula is C131H97N11. The van der Waals surface area contributed by atoms with Crippen LogP contribution in [0.15, 0.2) is 413 Å². The fourth-order valence-corrected chi connectivity index (χ4v) is 25.7. The van der Waals surface area contributed by atoms with Crippen LogP contribution in [0, 0.1) is 0 Å². The first-order valence-corrected chi connectivity index (χ1v) is 49.3. The van der Waals surface area contributed by atoms with E-state index in [0.29, 0.717) is 0 Å². The lowest BCUT2D eigenvalue weighted by atomic mass is 9.86. The van der Waals surface area contributed by atoms with Gasteiger partial charge in [-0.1, -0.05) is 189 Å². The largest absolute Gasteiger partial charge is 0.344 e. The Labute approximate surface area is 820 Å². The topological polar surface area (TPSA) is 47.5 Å². The van der Waals surface area contributed by atoms with Crippen LogP contribution in [-0.4, -0.2) is 32.0 Å². The highest BCUT2D eigenvalue weighted by atomic mass is 15.2. The smallest absolute Gasteiger partial charge is 0.0490 e. The van der Waals surface area contributed by atoms with Crippen molar-refractivity contribution in [2.75, 3.05) is 19.6 Å².